The lowest BCUT2D eigenvalue weighted by atomic mass is 9.95. The van der Waals surface area contributed by atoms with Gasteiger partial charge in [-0.25, -0.2) is 0 Å². The van der Waals surface area contributed by atoms with Crippen LogP contribution in [0.25, 0.3) is 11.1 Å². The van der Waals surface area contributed by atoms with Gasteiger partial charge in [-0.05, 0) is 42.5 Å². The molecule has 0 N–H and O–H groups in total. The lowest BCUT2D eigenvalue weighted by molar-refractivity contribution is 0.416. The first kappa shape index (κ1) is 12.4. The summed E-state index contributed by atoms with van der Waals surface area (Å²) in [5.74, 6) is 1.70. The molecule has 2 aromatic rings. The van der Waals surface area contributed by atoms with Crippen LogP contribution in [0.1, 0.15) is 17.5 Å². The van der Waals surface area contributed by atoms with Gasteiger partial charge in [0, 0.05) is 24.0 Å². The minimum Gasteiger partial charge on any atom is -0.496 e. The maximum Gasteiger partial charge on any atom is 0.145 e. The summed E-state index contributed by atoms with van der Waals surface area (Å²) in [5.41, 5.74) is 4.90. The first-order valence-corrected chi connectivity index (χ1v) is 6.81. The van der Waals surface area contributed by atoms with Crippen molar-refractivity contribution in [3.8, 4) is 22.6 Å². The molecule has 0 atom stereocenters. The van der Waals surface area contributed by atoms with Crippen LogP contribution in [0.2, 0.25) is 0 Å². The van der Waals surface area contributed by atoms with Crippen LogP contribution in [0.5, 0.6) is 11.5 Å². The minimum atomic E-state index is 0.800. The van der Waals surface area contributed by atoms with Gasteiger partial charge >= 0.3 is 0 Å². The van der Waals surface area contributed by atoms with Gasteiger partial charge in [-0.3, -0.25) is 0 Å². The maximum absolute atomic E-state index is 5.54. The maximum atomic E-state index is 5.54. The quantitative estimate of drug-likeness (QED) is 0.656. The summed E-state index contributed by atoms with van der Waals surface area (Å²) in [4.78, 5) is 0. The van der Waals surface area contributed by atoms with E-state index >= 15 is 0 Å². The van der Waals surface area contributed by atoms with Gasteiger partial charge in [0.15, 0.2) is 0 Å². The Morgan fingerprint density at radius 2 is 1.47 bits per heavy atom. The topological polar surface area (TPSA) is 18.5 Å². The van der Waals surface area contributed by atoms with Crippen molar-refractivity contribution < 1.29 is 8.92 Å². The normalized spacial score (nSPS) is 13.2. The monoisotopic (exact) mass is 272 g/mol. The summed E-state index contributed by atoms with van der Waals surface area (Å²) in [7, 11) is 1.71. The molecule has 0 fully saturated rings. The van der Waals surface area contributed by atoms with Crippen molar-refractivity contribution in [2.45, 2.75) is 19.3 Å². The lowest BCUT2D eigenvalue weighted by Crippen LogP contribution is -1.95. The number of hydrogen-bond acceptors (Lipinski definition) is 3. The highest BCUT2D eigenvalue weighted by Crippen LogP contribution is 2.44. The Morgan fingerprint density at radius 3 is 2.05 bits per heavy atom. The summed E-state index contributed by atoms with van der Waals surface area (Å²) in [5, 5.41) is 0. The zero-order valence-corrected chi connectivity index (χ0v) is 11.7. The Hall–Kier alpha value is -1.61. The molecule has 0 unspecified atom stereocenters. The number of ether oxygens (including phenoxy) is 1. The fraction of sp³-hybridized carbons (Fsp3) is 0.250. The second kappa shape index (κ2) is 5.17. The van der Waals surface area contributed by atoms with Crippen LogP contribution in [0.4, 0.5) is 0 Å². The predicted molar refractivity (Wildman–Crippen MR) is 80.1 cm³/mol. The molecule has 0 amide bonds. The lowest BCUT2D eigenvalue weighted by Gasteiger charge is -2.16. The SMILES string of the molecule is COc1cccc2c1-c1c(cccc1OS)CCC2. The van der Waals surface area contributed by atoms with E-state index in [-0.39, 0.29) is 0 Å². The van der Waals surface area contributed by atoms with Crippen LogP contribution in [-0.4, -0.2) is 7.11 Å². The molecule has 0 saturated heterocycles. The molecule has 3 rings (SSSR count). The van der Waals surface area contributed by atoms with E-state index < -0.39 is 0 Å². The second-order valence-corrected chi connectivity index (χ2v) is 4.91. The zero-order valence-electron chi connectivity index (χ0n) is 10.8. The number of methoxy groups -OCH3 is 1. The number of fused-ring (bicyclic) bond motifs is 3. The second-order valence-electron chi connectivity index (χ2n) is 4.73. The largest absolute Gasteiger partial charge is 0.496 e. The van der Waals surface area contributed by atoms with E-state index in [2.05, 4.69) is 25.0 Å². The molecule has 0 aromatic heterocycles. The van der Waals surface area contributed by atoms with Crippen LogP contribution < -0.4 is 8.92 Å². The summed E-state index contributed by atoms with van der Waals surface area (Å²) in [6.45, 7) is 0. The van der Waals surface area contributed by atoms with Gasteiger partial charge in [-0.2, -0.15) is 0 Å². The Balaban J connectivity index is 2.34. The van der Waals surface area contributed by atoms with E-state index in [0.29, 0.717) is 0 Å². The molecule has 0 bridgehead atoms. The fourth-order valence-electron chi connectivity index (χ4n) is 2.85. The molecule has 3 heteroatoms. The van der Waals surface area contributed by atoms with Gasteiger partial charge < -0.3 is 8.92 Å². The number of aryl methyl sites for hydroxylation is 2. The van der Waals surface area contributed by atoms with Gasteiger partial charge in [0.25, 0.3) is 0 Å². The van der Waals surface area contributed by atoms with Crippen molar-refractivity contribution in [3.05, 3.63) is 47.5 Å². The van der Waals surface area contributed by atoms with Gasteiger partial charge in [0.2, 0.25) is 0 Å². The summed E-state index contributed by atoms with van der Waals surface area (Å²) >= 11 is 3.99. The predicted octanol–water partition coefficient (Wildman–Crippen LogP) is 4.07. The molecule has 2 nitrogen and oxygen atoms in total. The van der Waals surface area contributed by atoms with Crippen molar-refractivity contribution in [3.63, 3.8) is 0 Å². The van der Waals surface area contributed by atoms with E-state index in [4.69, 9.17) is 8.92 Å². The van der Waals surface area contributed by atoms with E-state index in [0.717, 1.165) is 41.9 Å². The highest BCUT2D eigenvalue weighted by Gasteiger charge is 2.21. The van der Waals surface area contributed by atoms with Gasteiger partial charge in [0.1, 0.15) is 11.5 Å². The van der Waals surface area contributed by atoms with Crippen LogP contribution in [0, 0.1) is 0 Å². The van der Waals surface area contributed by atoms with E-state index in [1.165, 1.54) is 11.1 Å². The van der Waals surface area contributed by atoms with E-state index in [9.17, 15) is 0 Å². The van der Waals surface area contributed by atoms with E-state index in [1.54, 1.807) is 7.11 Å². The number of hydrogen-bond donors (Lipinski definition) is 1. The summed E-state index contributed by atoms with van der Waals surface area (Å²) in [6.07, 6.45) is 3.26. The Bertz CT molecular complexity index is 554. The average Bonchev–Trinajstić information content (AvgIpc) is 2.65. The van der Waals surface area contributed by atoms with Gasteiger partial charge in [-0.1, -0.05) is 24.3 Å². The molecule has 0 spiro atoms. The molecule has 2 aromatic carbocycles. The Kier molecular flexibility index (Phi) is 3.38. The van der Waals surface area contributed by atoms with Crippen LogP contribution in [0.15, 0.2) is 36.4 Å². The number of benzene rings is 2. The standard InChI is InChI=1S/C16H16O2S/c1-17-13-9-3-7-11-5-2-6-12-8-4-10-14(18-19)16(12)15(11)13/h3-4,7-10,19H,2,5-6H2,1H3. The molecule has 98 valence electrons. The molecule has 0 aliphatic heterocycles. The molecular formula is C16H16O2S. The number of thiol groups is 1. The smallest absolute Gasteiger partial charge is 0.145 e. The Labute approximate surface area is 119 Å². The fourth-order valence-corrected chi connectivity index (χ4v) is 3.00. The summed E-state index contributed by atoms with van der Waals surface area (Å²) in [6, 6.07) is 12.4. The molecule has 0 heterocycles. The van der Waals surface area contributed by atoms with Crippen molar-refractivity contribution in [2.75, 3.05) is 7.11 Å². The molecule has 0 saturated carbocycles. The zero-order chi connectivity index (χ0) is 13.2. The molecule has 1 aliphatic rings. The van der Waals surface area contributed by atoms with E-state index in [1.807, 2.05) is 24.3 Å². The van der Waals surface area contributed by atoms with Crippen molar-refractivity contribution in [2.24, 2.45) is 0 Å². The highest BCUT2D eigenvalue weighted by atomic mass is 32.1. The molecular weight excluding hydrogens is 256 g/mol. The van der Waals surface area contributed by atoms with Crippen LogP contribution in [-0.2, 0) is 12.8 Å². The van der Waals surface area contributed by atoms with Gasteiger partial charge in [0.05, 0.1) is 7.11 Å². The molecule has 19 heavy (non-hydrogen) atoms. The molecule has 1 aliphatic carbocycles. The minimum absolute atomic E-state index is 0.800. The average molecular weight is 272 g/mol. The third kappa shape index (κ3) is 2.08. The third-order valence-corrected chi connectivity index (χ3v) is 3.88. The third-order valence-electron chi connectivity index (χ3n) is 3.69. The molecule has 0 radical (unpaired) electrons. The highest BCUT2D eigenvalue weighted by molar-refractivity contribution is 7.75. The van der Waals surface area contributed by atoms with Crippen LogP contribution >= 0.6 is 12.9 Å². The van der Waals surface area contributed by atoms with Crippen molar-refractivity contribution in [1.82, 2.24) is 0 Å². The number of rotatable bonds is 2. The Morgan fingerprint density at radius 1 is 0.895 bits per heavy atom. The summed E-state index contributed by atoms with van der Waals surface area (Å²) < 4.78 is 10.8. The first-order valence-electron chi connectivity index (χ1n) is 6.44. The van der Waals surface area contributed by atoms with Crippen molar-refractivity contribution in [1.29, 1.82) is 0 Å². The first-order chi connectivity index (χ1) is 9.35. The van der Waals surface area contributed by atoms with Crippen molar-refractivity contribution >= 4 is 12.9 Å². The van der Waals surface area contributed by atoms with Crippen LogP contribution in [0.3, 0.4) is 0 Å². The van der Waals surface area contributed by atoms with Gasteiger partial charge in [-0.15, -0.1) is 0 Å².